The van der Waals surface area contributed by atoms with Gasteiger partial charge in [-0.25, -0.2) is 13.2 Å². The van der Waals surface area contributed by atoms with Crippen molar-refractivity contribution < 1.29 is 22.8 Å². The molecule has 4 amide bonds. The van der Waals surface area contributed by atoms with Crippen LogP contribution in [0.5, 0.6) is 0 Å². The summed E-state index contributed by atoms with van der Waals surface area (Å²) in [4.78, 5) is 36.5. The number of likely N-dealkylation sites (N-methyl/N-ethyl adjacent to an activating group) is 1. The van der Waals surface area contributed by atoms with Gasteiger partial charge in [0, 0.05) is 7.05 Å². The van der Waals surface area contributed by atoms with Gasteiger partial charge in [0.25, 0.3) is 11.8 Å². The first-order chi connectivity index (χ1) is 11.1. The van der Waals surface area contributed by atoms with Crippen LogP contribution in [0.2, 0.25) is 0 Å². The van der Waals surface area contributed by atoms with Gasteiger partial charge in [-0.15, -0.1) is 0 Å². The van der Waals surface area contributed by atoms with E-state index in [0.29, 0.717) is 10.6 Å². The molecule has 24 heavy (non-hydrogen) atoms. The highest BCUT2D eigenvalue weighted by atomic mass is 32.2. The molecule has 1 unspecified atom stereocenters. The predicted molar refractivity (Wildman–Crippen MR) is 84.8 cm³/mol. The third-order valence-corrected chi connectivity index (χ3v) is 4.97. The molecule has 0 aliphatic carbocycles. The first kappa shape index (κ1) is 17.9. The number of hydrogen-bond donors (Lipinski definition) is 2. The molecule has 1 aliphatic heterocycles. The summed E-state index contributed by atoms with van der Waals surface area (Å²) < 4.78 is 23.4. The lowest BCUT2D eigenvalue weighted by molar-refractivity contribution is -0.138. The second-order valence-corrected chi connectivity index (χ2v) is 7.71. The summed E-state index contributed by atoms with van der Waals surface area (Å²) in [5, 5.41) is 3.09. The van der Waals surface area contributed by atoms with Crippen LogP contribution in [-0.4, -0.2) is 55.4 Å². The van der Waals surface area contributed by atoms with Crippen LogP contribution < -0.4 is 10.7 Å². The van der Waals surface area contributed by atoms with Gasteiger partial charge in [0.15, 0.2) is 0 Å². The van der Waals surface area contributed by atoms with E-state index >= 15 is 0 Å². The van der Waals surface area contributed by atoms with Gasteiger partial charge in [-0.2, -0.15) is 9.31 Å². The minimum atomic E-state index is -3.56. The molecule has 1 aliphatic rings. The number of carbonyl (C=O) groups is 3. The lowest BCUT2D eigenvalue weighted by atomic mass is 9.92. The summed E-state index contributed by atoms with van der Waals surface area (Å²) >= 11 is 0. The third-order valence-electron chi connectivity index (χ3n) is 3.71. The Bertz CT molecular complexity index is 780. The first-order valence-corrected chi connectivity index (χ1v) is 8.83. The number of benzene rings is 1. The van der Waals surface area contributed by atoms with E-state index < -0.39 is 40.0 Å². The Morgan fingerprint density at radius 3 is 2.42 bits per heavy atom. The van der Waals surface area contributed by atoms with Crippen LogP contribution in [0.1, 0.15) is 12.5 Å². The Morgan fingerprint density at radius 1 is 1.29 bits per heavy atom. The molecule has 10 heteroatoms. The van der Waals surface area contributed by atoms with Crippen LogP contribution in [0.3, 0.4) is 0 Å². The number of sulfonamides is 1. The fourth-order valence-electron chi connectivity index (χ4n) is 2.19. The number of amides is 4. The zero-order valence-corrected chi connectivity index (χ0v) is 14.3. The average molecular weight is 354 g/mol. The summed E-state index contributed by atoms with van der Waals surface area (Å²) in [6.07, 6.45) is 0.945. The number of urea groups is 1. The molecule has 1 atom stereocenters. The first-order valence-electron chi connectivity index (χ1n) is 6.99. The van der Waals surface area contributed by atoms with E-state index in [1.807, 2.05) is 0 Å². The highest BCUT2D eigenvalue weighted by molar-refractivity contribution is 7.88. The highest BCUT2D eigenvalue weighted by Gasteiger charge is 2.50. The van der Waals surface area contributed by atoms with Crippen LogP contribution in [-0.2, 0) is 25.2 Å². The maximum Gasteiger partial charge on any atom is 0.344 e. The fraction of sp³-hybridized carbons (Fsp3) is 0.357. The number of nitrogens with zero attached hydrogens (tertiary/aromatic N) is 2. The number of imide groups is 1. The lowest BCUT2D eigenvalue weighted by Gasteiger charge is -2.22. The van der Waals surface area contributed by atoms with Crippen LogP contribution >= 0.6 is 0 Å². The van der Waals surface area contributed by atoms with Gasteiger partial charge >= 0.3 is 6.03 Å². The zero-order chi connectivity index (χ0) is 18.1. The minimum Gasteiger partial charge on any atom is -0.318 e. The van der Waals surface area contributed by atoms with Crippen molar-refractivity contribution in [3.63, 3.8) is 0 Å². The molecule has 0 saturated carbocycles. The van der Waals surface area contributed by atoms with Crippen molar-refractivity contribution in [1.82, 2.24) is 20.1 Å². The molecule has 130 valence electrons. The van der Waals surface area contributed by atoms with E-state index in [1.54, 1.807) is 30.3 Å². The SMILES string of the molecule is CN(CC(=O)NN1C(=O)NC(C)(c2ccccc2)C1=O)S(C)(=O)=O. The van der Waals surface area contributed by atoms with Gasteiger partial charge < -0.3 is 5.32 Å². The highest BCUT2D eigenvalue weighted by Crippen LogP contribution is 2.27. The van der Waals surface area contributed by atoms with Gasteiger partial charge in [-0.1, -0.05) is 30.3 Å². The molecular formula is C14H18N4O5S. The van der Waals surface area contributed by atoms with Crippen molar-refractivity contribution in [2.24, 2.45) is 0 Å². The molecule has 0 aromatic heterocycles. The molecule has 2 N–H and O–H groups in total. The Balaban J connectivity index is 2.14. The van der Waals surface area contributed by atoms with E-state index in [0.717, 1.165) is 10.6 Å². The normalized spacial score (nSPS) is 21.1. The summed E-state index contributed by atoms with van der Waals surface area (Å²) in [5.41, 5.74) is 1.39. The summed E-state index contributed by atoms with van der Waals surface area (Å²) in [5.74, 6) is -1.46. The molecule has 9 nitrogen and oxygen atoms in total. The monoisotopic (exact) mass is 354 g/mol. The Kier molecular flexibility index (Phi) is 4.63. The predicted octanol–water partition coefficient (Wildman–Crippen LogP) is -0.624. The average Bonchev–Trinajstić information content (AvgIpc) is 2.71. The van der Waals surface area contributed by atoms with Crippen LogP contribution in [0.4, 0.5) is 4.79 Å². The standard InChI is InChI=1S/C14H18N4O5S/c1-14(10-7-5-4-6-8-10)12(20)18(13(21)15-14)16-11(19)9-17(2)24(3,22)23/h4-8H,9H2,1-3H3,(H,15,21)(H,16,19). The van der Waals surface area contributed by atoms with Crippen LogP contribution in [0.15, 0.2) is 30.3 Å². The van der Waals surface area contributed by atoms with E-state index in [4.69, 9.17) is 0 Å². The fourth-order valence-corrected chi connectivity index (χ4v) is 2.54. The molecule has 2 rings (SSSR count). The lowest BCUT2D eigenvalue weighted by Crippen LogP contribution is -2.50. The van der Waals surface area contributed by atoms with E-state index in [2.05, 4.69) is 10.7 Å². The number of nitrogens with one attached hydrogen (secondary N) is 2. The number of carbonyl (C=O) groups excluding carboxylic acids is 3. The Labute approximate surface area is 139 Å². The maximum atomic E-state index is 12.6. The molecule has 0 spiro atoms. The maximum absolute atomic E-state index is 12.6. The molecule has 1 aromatic rings. The molecule has 1 aromatic carbocycles. The van der Waals surface area contributed by atoms with Gasteiger partial charge in [-0.3, -0.25) is 15.0 Å². The molecular weight excluding hydrogens is 336 g/mol. The molecule has 0 radical (unpaired) electrons. The van der Waals surface area contributed by atoms with Crippen molar-refractivity contribution in [2.45, 2.75) is 12.5 Å². The van der Waals surface area contributed by atoms with Crippen LogP contribution in [0.25, 0.3) is 0 Å². The van der Waals surface area contributed by atoms with Gasteiger partial charge in [0.2, 0.25) is 10.0 Å². The van der Waals surface area contributed by atoms with E-state index in [9.17, 15) is 22.8 Å². The minimum absolute atomic E-state index is 0.516. The number of hydrogen-bond acceptors (Lipinski definition) is 5. The number of hydrazine groups is 1. The molecule has 1 saturated heterocycles. The van der Waals surface area contributed by atoms with Crippen molar-refractivity contribution >= 4 is 27.9 Å². The third kappa shape index (κ3) is 3.39. The molecule has 1 heterocycles. The summed E-state index contributed by atoms with van der Waals surface area (Å²) in [6, 6.07) is 7.79. The van der Waals surface area contributed by atoms with Gasteiger partial charge in [-0.05, 0) is 12.5 Å². The van der Waals surface area contributed by atoms with Crippen molar-refractivity contribution in [3.05, 3.63) is 35.9 Å². The second-order valence-electron chi connectivity index (χ2n) is 5.62. The van der Waals surface area contributed by atoms with Crippen LogP contribution in [0, 0.1) is 0 Å². The van der Waals surface area contributed by atoms with Gasteiger partial charge in [0.1, 0.15) is 5.54 Å². The van der Waals surface area contributed by atoms with E-state index in [1.165, 1.54) is 14.0 Å². The quantitative estimate of drug-likeness (QED) is 0.684. The smallest absolute Gasteiger partial charge is 0.318 e. The Hall–Kier alpha value is -2.46. The van der Waals surface area contributed by atoms with Crippen molar-refractivity contribution in [1.29, 1.82) is 0 Å². The Morgan fingerprint density at radius 2 is 1.88 bits per heavy atom. The summed E-state index contributed by atoms with van der Waals surface area (Å²) in [6.45, 7) is 1.01. The second kappa shape index (κ2) is 6.21. The largest absolute Gasteiger partial charge is 0.344 e. The number of rotatable bonds is 5. The van der Waals surface area contributed by atoms with E-state index in [-0.39, 0.29) is 0 Å². The molecule has 0 bridgehead atoms. The zero-order valence-electron chi connectivity index (χ0n) is 13.4. The van der Waals surface area contributed by atoms with Gasteiger partial charge in [0.05, 0.1) is 12.8 Å². The van der Waals surface area contributed by atoms with Crippen molar-refractivity contribution in [3.8, 4) is 0 Å². The topological polar surface area (TPSA) is 116 Å². The summed E-state index contributed by atoms with van der Waals surface area (Å²) in [7, 11) is -2.34. The van der Waals surface area contributed by atoms with Crippen molar-refractivity contribution in [2.75, 3.05) is 19.8 Å². The molecule has 1 fully saturated rings.